The van der Waals surface area contributed by atoms with E-state index in [4.69, 9.17) is 9.15 Å². The van der Waals surface area contributed by atoms with Gasteiger partial charge in [0, 0.05) is 22.6 Å². The molecule has 1 unspecified atom stereocenters. The maximum atomic E-state index is 12.5. The SMILES string of the molecule is COc1cc(C[NH+](C)Cc2cc(=O)oc3c(C)c(C)ccc23)ccc1OC(F)F. The first-order valence-electron chi connectivity index (χ1n) is 9.24. The van der Waals surface area contributed by atoms with Crippen molar-refractivity contribution in [3.8, 4) is 11.5 Å². The predicted octanol–water partition coefficient (Wildman–Crippen LogP) is 3.23. The van der Waals surface area contributed by atoms with Gasteiger partial charge in [-0.05, 0) is 43.2 Å². The summed E-state index contributed by atoms with van der Waals surface area (Å²) in [6.45, 7) is 2.22. The summed E-state index contributed by atoms with van der Waals surface area (Å²) in [6.07, 6.45) is 0. The van der Waals surface area contributed by atoms with Crippen LogP contribution in [0.1, 0.15) is 22.3 Å². The second-order valence-corrected chi connectivity index (χ2v) is 7.15. The van der Waals surface area contributed by atoms with E-state index >= 15 is 0 Å². The Morgan fingerprint density at radius 3 is 2.52 bits per heavy atom. The number of fused-ring (bicyclic) bond motifs is 1. The molecule has 0 saturated heterocycles. The van der Waals surface area contributed by atoms with Gasteiger partial charge in [-0.25, -0.2) is 4.79 Å². The number of benzene rings is 2. The smallest absolute Gasteiger partial charge is 0.387 e. The van der Waals surface area contributed by atoms with Gasteiger partial charge in [-0.1, -0.05) is 12.1 Å². The molecular formula is C22H24F2NO4+. The molecule has 0 spiro atoms. The minimum absolute atomic E-state index is 0.00131. The van der Waals surface area contributed by atoms with E-state index in [9.17, 15) is 13.6 Å². The number of quaternary nitrogens is 1. The lowest BCUT2D eigenvalue weighted by Crippen LogP contribution is -3.06. The summed E-state index contributed by atoms with van der Waals surface area (Å²) in [7, 11) is 3.41. The molecule has 1 aromatic heterocycles. The largest absolute Gasteiger partial charge is 0.493 e. The van der Waals surface area contributed by atoms with Crippen LogP contribution in [0.5, 0.6) is 11.5 Å². The number of rotatable bonds is 7. The molecule has 3 aromatic rings. The third-order valence-electron chi connectivity index (χ3n) is 4.96. The molecule has 0 fully saturated rings. The summed E-state index contributed by atoms with van der Waals surface area (Å²) < 4.78 is 40.0. The van der Waals surface area contributed by atoms with E-state index in [1.165, 1.54) is 19.2 Å². The van der Waals surface area contributed by atoms with Gasteiger partial charge < -0.3 is 18.8 Å². The highest BCUT2D eigenvalue weighted by Gasteiger charge is 2.15. The normalized spacial score (nSPS) is 12.4. The van der Waals surface area contributed by atoms with Gasteiger partial charge in [0.1, 0.15) is 18.7 Å². The van der Waals surface area contributed by atoms with Gasteiger partial charge in [0.25, 0.3) is 0 Å². The second kappa shape index (κ2) is 8.61. The number of hydrogen-bond acceptors (Lipinski definition) is 4. The molecule has 5 nitrogen and oxygen atoms in total. The molecule has 1 heterocycles. The van der Waals surface area contributed by atoms with Gasteiger partial charge in [-0.3, -0.25) is 0 Å². The van der Waals surface area contributed by atoms with Crippen LogP contribution in [-0.2, 0) is 13.1 Å². The van der Waals surface area contributed by atoms with Crippen LogP contribution in [0.2, 0.25) is 0 Å². The Kier molecular flexibility index (Phi) is 6.17. The van der Waals surface area contributed by atoms with Crippen LogP contribution in [0.3, 0.4) is 0 Å². The maximum absolute atomic E-state index is 12.5. The lowest BCUT2D eigenvalue weighted by Gasteiger charge is -2.17. The Morgan fingerprint density at radius 1 is 1.07 bits per heavy atom. The zero-order chi connectivity index (χ0) is 21.1. The molecule has 0 saturated carbocycles. The molecule has 2 aromatic carbocycles. The molecule has 0 bridgehead atoms. The van der Waals surface area contributed by atoms with E-state index in [-0.39, 0.29) is 17.1 Å². The summed E-state index contributed by atoms with van der Waals surface area (Å²) in [5, 5.41) is 0.922. The van der Waals surface area contributed by atoms with Crippen molar-refractivity contribution in [2.75, 3.05) is 14.2 Å². The Balaban J connectivity index is 1.84. The van der Waals surface area contributed by atoms with Crippen molar-refractivity contribution in [2.24, 2.45) is 0 Å². The molecule has 3 rings (SSSR count). The first-order chi connectivity index (χ1) is 13.8. The highest BCUT2D eigenvalue weighted by Crippen LogP contribution is 2.29. The van der Waals surface area contributed by atoms with E-state index in [0.29, 0.717) is 18.7 Å². The average molecular weight is 404 g/mol. The fourth-order valence-corrected chi connectivity index (χ4v) is 3.42. The number of alkyl halides is 2. The summed E-state index contributed by atoms with van der Waals surface area (Å²) >= 11 is 0. The van der Waals surface area contributed by atoms with Crippen molar-refractivity contribution in [3.63, 3.8) is 0 Å². The van der Waals surface area contributed by atoms with Crippen LogP contribution in [0, 0.1) is 13.8 Å². The van der Waals surface area contributed by atoms with E-state index in [0.717, 1.165) is 32.5 Å². The number of hydrogen-bond donors (Lipinski definition) is 1. The topological polar surface area (TPSA) is 53.1 Å². The lowest BCUT2D eigenvalue weighted by molar-refractivity contribution is -0.907. The van der Waals surface area contributed by atoms with Crippen LogP contribution in [0.4, 0.5) is 8.78 Å². The molecule has 0 aliphatic heterocycles. The van der Waals surface area contributed by atoms with Crippen LogP contribution < -0.4 is 20.0 Å². The fourth-order valence-electron chi connectivity index (χ4n) is 3.42. The van der Waals surface area contributed by atoms with Gasteiger partial charge in [0.15, 0.2) is 11.5 Å². The standard InChI is InChI=1S/C22H23F2NO4/c1-13-5-7-17-16(10-20(26)29-21(17)14(13)2)12-25(3)11-15-6-8-18(28-22(23)24)19(9-15)27-4/h5-10,22H,11-12H2,1-4H3/p+1. The lowest BCUT2D eigenvalue weighted by atomic mass is 10.0. The second-order valence-electron chi connectivity index (χ2n) is 7.15. The van der Waals surface area contributed by atoms with Crippen molar-refractivity contribution < 1.29 is 27.6 Å². The van der Waals surface area contributed by atoms with Gasteiger partial charge in [0.05, 0.1) is 14.2 Å². The Hall–Kier alpha value is -2.93. The maximum Gasteiger partial charge on any atom is 0.387 e. The van der Waals surface area contributed by atoms with Crippen LogP contribution >= 0.6 is 0 Å². The van der Waals surface area contributed by atoms with E-state index in [1.807, 2.05) is 33.0 Å². The van der Waals surface area contributed by atoms with Crippen molar-refractivity contribution in [3.05, 3.63) is 69.1 Å². The van der Waals surface area contributed by atoms with Crippen molar-refractivity contribution >= 4 is 11.0 Å². The monoisotopic (exact) mass is 404 g/mol. The minimum Gasteiger partial charge on any atom is -0.493 e. The highest BCUT2D eigenvalue weighted by atomic mass is 19.3. The van der Waals surface area contributed by atoms with E-state index < -0.39 is 6.61 Å². The number of halogens is 2. The van der Waals surface area contributed by atoms with E-state index in [2.05, 4.69) is 4.74 Å². The molecule has 1 N–H and O–H groups in total. The van der Waals surface area contributed by atoms with Gasteiger partial charge in [-0.2, -0.15) is 8.78 Å². The fraction of sp³-hybridized carbons (Fsp3) is 0.318. The number of aryl methyl sites for hydroxylation is 2. The van der Waals surface area contributed by atoms with Crippen LogP contribution in [0.25, 0.3) is 11.0 Å². The molecule has 7 heteroatoms. The summed E-state index contributed by atoms with van der Waals surface area (Å²) in [4.78, 5) is 13.2. The molecule has 0 amide bonds. The van der Waals surface area contributed by atoms with Crippen LogP contribution in [0.15, 0.2) is 45.6 Å². The number of nitrogens with one attached hydrogen (secondary N) is 1. The first-order valence-corrected chi connectivity index (χ1v) is 9.24. The Bertz CT molecular complexity index is 1080. The highest BCUT2D eigenvalue weighted by molar-refractivity contribution is 5.83. The van der Waals surface area contributed by atoms with Crippen molar-refractivity contribution in [2.45, 2.75) is 33.5 Å². The summed E-state index contributed by atoms with van der Waals surface area (Å²) in [6, 6.07) is 10.4. The predicted molar refractivity (Wildman–Crippen MR) is 106 cm³/mol. The molecule has 154 valence electrons. The van der Waals surface area contributed by atoms with Gasteiger partial charge >= 0.3 is 12.2 Å². The number of methoxy groups -OCH3 is 1. The summed E-state index contributed by atoms with van der Waals surface area (Å²) in [5.41, 5.74) is 4.08. The van der Waals surface area contributed by atoms with Crippen molar-refractivity contribution in [1.82, 2.24) is 0 Å². The minimum atomic E-state index is -2.91. The first kappa shape index (κ1) is 20.8. The van der Waals surface area contributed by atoms with Crippen LogP contribution in [-0.4, -0.2) is 20.8 Å². The van der Waals surface area contributed by atoms with E-state index in [1.54, 1.807) is 12.1 Å². The van der Waals surface area contributed by atoms with Gasteiger partial charge in [-0.15, -0.1) is 0 Å². The molecule has 29 heavy (non-hydrogen) atoms. The number of ether oxygens (including phenoxy) is 2. The third-order valence-corrected chi connectivity index (χ3v) is 4.96. The third kappa shape index (κ3) is 4.74. The molecule has 1 atom stereocenters. The molecule has 0 aliphatic carbocycles. The summed E-state index contributed by atoms with van der Waals surface area (Å²) in [5.74, 6) is 0.258. The average Bonchev–Trinajstić information content (AvgIpc) is 2.65. The molecule has 0 aliphatic rings. The van der Waals surface area contributed by atoms with Crippen molar-refractivity contribution in [1.29, 1.82) is 0 Å². The quantitative estimate of drug-likeness (QED) is 0.615. The van der Waals surface area contributed by atoms with Gasteiger partial charge in [0.2, 0.25) is 0 Å². The zero-order valence-corrected chi connectivity index (χ0v) is 16.8. The molecular weight excluding hydrogens is 380 g/mol. The molecule has 0 radical (unpaired) electrons. The Labute approximate surface area is 167 Å². The zero-order valence-electron chi connectivity index (χ0n) is 16.8. The Morgan fingerprint density at radius 2 is 1.83 bits per heavy atom.